The molecule has 1 aromatic carbocycles. The Morgan fingerprint density at radius 1 is 1.07 bits per heavy atom. The van der Waals surface area contributed by atoms with Crippen LogP contribution >= 0.6 is 0 Å². The molecule has 0 radical (unpaired) electrons. The van der Waals surface area contributed by atoms with E-state index in [0.717, 1.165) is 41.6 Å². The first-order valence-corrected chi connectivity index (χ1v) is 11.0. The molecule has 2 aliphatic heterocycles. The van der Waals surface area contributed by atoms with Crippen molar-refractivity contribution in [3.8, 4) is 0 Å². The number of hydrogen-bond donors (Lipinski definition) is 0. The molecular formula is C20H24N4O3S. The molecule has 7 nitrogen and oxygen atoms in total. The second-order valence-electron chi connectivity index (χ2n) is 6.96. The smallest absolute Gasteiger partial charge is 0.236 e. The van der Waals surface area contributed by atoms with Crippen LogP contribution < -0.4 is 4.90 Å². The van der Waals surface area contributed by atoms with Gasteiger partial charge in [-0.15, -0.1) is 0 Å². The van der Waals surface area contributed by atoms with Crippen LogP contribution in [0, 0.1) is 6.92 Å². The topological polar surface area (TPSA) is 75.6 Å². The van der Waals surface area contributed by atoms with E-state index in [1.165, 1.54) is 9.71 Å². The van der Waals surface area contributed by atoms with E-state index in [2.05, 4.69) is 14.9 Å². The van der Waals surface area contributed by atoms with Crippen molar-refractivity contribution < 1.29 is 13.2 Å². The highest BCUT2D eigenvalue weighted by molar-refractivity contribution is 7.92. The van der Waals surface area contributed by atoms with Crippen LogP contribution in [0.3, 0.4) is 0 Å². The van der Waals surface area contributed by atoms with E-state index in [4.69, 9.17) is 4.74 Å². The number of benzene rings is 1. The Balaban J connectivity index is 1.60. The number of sulfonamides is 1. The summed E-state index contributed by atoms with van der Waals surface area (Å²) < 4.78 is 32.7. The molecule has 0 N–H and O–H groups in total. The molecule has 0 atom stereocenters. The van der Waals surface area contributed by atoms with Crippen molar-refractivity contribution in [2.75, 3.05) is 37.7 Å². The molecule has 1 aromatic heterocycles. The van der Waals surface area contributed by atoms with Crippen LogP contribution in [0.2, 0.25) is 0 Å². The number of rotatable bonds is 4. The fourth-order valence-electron chi connectivity index (χ4n) is 3.56. The summed E-state index contributed by atoms with van der Waals surface area (Å²) in [6.07, 6.45) is 2.23. The van der Waals surface area contributed by atoms with Crippen molar-refractivity contribution >= 4 is 21.9 Å². The second-order valence-corrected chi connectivity index (χ2v) is 8.78. The zero-order valence-corrected chi connectivity index (χ0v) is 16.7. The van der Waals surface area contributed by atoms with Gasteiger partial charge in [0.1, 0.15) is 11.6 Å². The number of fused-ring (bicyclic) bond motifs is 1. The molecule has 0 amide bonds. The minimum atomic E-state index is -3.53. The third-order valence-electron chi connectivity index (χ3n) is 5.02. The highest BCUT2D eigenvalue weighted by atomic mass is 32.2. The van der Waals surface area contributed by atoms with E-state index in [0.29, 0.717) is 32.7 Å². The van der Waals surface area contributed by atoms with Crippen molar-refractivity contribution in [1.82, 2.24) is 14.3 Å². The number of nitrogens with zero attached hydrogens (tertiary/aromatic N) is 4. The summed E-state index contributed by atoms with van der Waals surface area (Å²) in [6, 6.07) is 9.44. The molecule has 28 heavy (non-hydrogen) atoms. The minimum Gasteiger partial charge on any atom is -0.378 e. The van der Waals surface area contributed by atoms with Crippen LogP contribution in [0.5, 0.6) is 0 Å². The average molecular weight is 401 g/mol. The summed E-state index contributed by atoms with van der Waals surface area (Å²) in [6.45, 7) is 5.42. The lowest BCUT2D eigenvalue weighted by molar-refractivity contribution is 0.122. The molecular weight excluding hydrogens is 376 g/mol. The second kappa shape index (κ2) is 7.98. The van der Waals surface area contributed by atoms with Crippen LogP contribution in [0.15, 0.2) is 35.7 Å². The maximum absolute atomic E-state index is 12.9. The monoisotopic (exact) mass is 400 g/mol. The Labute approximate surface area is 165 Å². The van der Waals surface area contributed by atoms with Gasteiger partial charge in [0.15, 0.2) is 0 Å². The average Bonchev–Trinajstić information content (AvgIpc) is 2.73. The maximum atomic E-state index is 12.9. The highest BCUT2D eigenvalue weighted by Crippen LogP contribution is 2.29. The van der Waals surface area contributed by atoms with Crippen LogP contribution in [0.1, 0.15) is 22.6 Å². The number of aryl methyl sites for hydroxylation is 1. The van der Waals surface area contributed by atoms with Crippen molar-refractivity contribution in [3.63, 3.8) is 0 Å². The molecule has 0 bridgehead atoms. The van der Waals surface area contributed by atoms with E-state index >= 15 is 0 Å². The number of anilines is 1. The number of hydrogen-bond acceptors (Lipinski definition) is 6. The van der Waals surface area contributed by atoms with Gasteiger partial charge in [0, 0.05) is 43.6 Å². The van der Waals surface area contributed by atoms with Crippen molar-refractivity contribution in [2.45, 2.75) is 19.9 Å². The van der Waals surface area contributed by atoms with Gasteiger partial charge in [0.05, 0.1) is 18.9 Å². The normalized spacial score (nSPS) is 18.4. The number of ether oxygens (including phenoxy) is 1. The lowest BCUT2D eigenvalue weighted by Gasteiger charge is -2.33. The summed E-state index contributed by atoms with van der Waals surface area (Å²) in [7, 11) is -3.53. The fourth-order valence-corrected chi connectivity index (χ4v) is 4.72. The third-order valence-corrected chi connectivity index (χ3v) is 6.53. The van der Waals surface area contributed by atoms with Crippen LogP contribution in [0.25, 0.3) is 6.08 Å². The van der Waals surface area contributed by atoms with E-state index in [1.54, 1.807) is 6.08 Å². The minimum absolute atomic E-state index is 0.295. The predicted octanol–water partition coefficient (Wildman–Crippen LogP) is 1.98. The maximum Gasteiger partial charge on any atom is 0.236 e. The number of morpholine rings is 1. The Morgan fingerprint density at radius 2 is 1.82 bits per heavy atom. The lowest BCUT2D eigenvalue weighted by Crippen LogP contribution is -2.40. The lowest BCUT2D eigenvalue weighted by atomic mass is 10.1. The molecule has 1 fully saturated rings. The SMILES string of the molecule is Cc1nc2c(c(N3CCOCC3)n1)CN(S(=O)(=O)/C=C/c1ccccc1)CC2. The molecule has 2 aliphatic rings. The predicted molar refractivity (Wildman–Crippen MR) is 108 cm³/mol. The highest BCUT2D eigenvalue weighted by Gasteiger charge is 2.30. The molecule has 0 spiro atoms. The molecule has 3 heterocycles. The van der Waals surface area contributed by atoms with Crippen molar-refractivity contribution in [1.29, 1.82) is 0 Å². The Kier molecular flexibility index (Phi) is 5.43. The van der Waals surface area contributed by atoms with E-state index in [1.807, 2.05) is 37.3 Å². The molecule has 1 saturated heterocycles. The quantitative estimate of drug-likeness (QED) is 0.781. The molecule has 8 heteroatoms. The van der Waals surface area contributed by atoms with Crippen LogP contribution in [-0.4, -0.2) is 55.5 Å². The van der Waals surface area contributed by atoms with E-state index in [-0.39, 0.29) is 0 Å². The van der Waals surface area contributed by atoms with Gasteiger partial charge in [0.2, 0.25) is 10.0 Å². The van der Waals surface area contributed by atoms with Gasteiger partial charge < -0.3 is 9.64 Å². The zero-order chi connectivity index (χ0) is 19.6. The van der Waals surface area contributed by atoms with Gasteiger partial charge in [-0.05, 0) is 18.6 Å². The van der Waals surface area contributed by atoms with Gasteiger partial charge in [-0.2, -0.15) is 4.31 Å². The first-order chi connectivity index (χ1) is 13.5. The van der Waals surface area contributed by atoms with Crippen molar-refractivity contribution in [2.24, 2.45) is 0 Å². The summed E-state index contributed by atoms with van der Waals surface area (Å²) in [5.74, 6) is 1.57. The molecule has 2 aromatic rings. The molecule has 0 unspecified atom stereocenters. The summed E-state index contributed by atoms with van der Waals surface area (Å²) in [5, 5.41) is 1.29. The summed E-state index contributed by atoms with van der Waals surface area (Å²) >= 11 is 0. The molecule has 4 rings (SSSR count). The largest absolute Gasteiger partial charge is 0.378 e. The van der Waals surface area contributed by atoms with Crippen molar-refractivity contribution in [3.05, 3.63) is 58.4 Å². The first-order valence-electron chi connectivity index (χ1n) is 9.45. The Hall–Kier alpha value is -2.29. The standard InChI is InChI=1S/C20H24N4O3S/c1-16-21-19-7-9-24(28(25,26)14-8-17-5-3-2-4-6-17)15-18(19)20(22-16)23-10-12-27-13-11-23/h2-6,8,14H,7,9-13,15H2,1H3/b14-8+. The fraction of sp³-hybridized carbons (Fsp3) is 0.400. The Morgan fingerprint density at radius 3 is 2.57 bits per heavy atom. The van der Waals surface area contributed by atoms with E-state index in [9.17, 15) is 8.42 Å². The Bertz CT molecular complexity index is 970. The van der Waals surface area contributed by atoms with Gasteiger partial charge in [-0.25, -0.2) is 18.4 Å². The molecule has 0 aliphatic carbocycles. The zero-order valence-electron chi connectivity index (χ0n) is 15.9. The van der Waals surface area contributed by atoms with Gasteiger partial charge in [-0.1, -0.05) is 30.3 Å². The van der Waals surface area contributed by atoms with Gasteiger partial charge in [-0.3, -0.25) is 0 Å². The first kappa shape index (κ1) is 19.0. The summed E-state index contributed by atoms with van der Waals surface area (Å²) in [5.41, 5.74) is 2.72. The molecule has 148 valence electrons. The van der Waals surface area contributed by atoms with Crippen LogP contribution in [0.4, 0.5) is 5.82 Å². The van der Waals surface area contributed by atoms with Crippen LogP contribution in [-0.2, 0) is 27.7 Å². The molecule has 0 saturated carbocycles. The van der Waals surface area contributed by atoms with Gasteiger partial charge in [0.25, 0.3) is 0 Å². The number of aromatic nitrogens is 2. The van der Waals surface area contributed by atoms with Gasteiger partial charge >= 0.3 is 0 Å². The summed E-state index contributed by atoms with van der Waals surface area (Å²) in [4.78, 5) is 11.4. The van der Waals surface area contributed by atoms with E-state index < -0.39 is 10.0 Å². The third kappa shape index (κ3) is 4.09.